The van der Waals surface area contributed by atoms with E-state index in [0.717, 1.165) is 25.7 Å². The van der Waals surface area contributed by atoms with Gasteiger partial charge < -0.3 is 23.7 Å². The molecule has 2 heterocycles. The molecule has 4 atom stereocenters. The molecule has 0 spiro atoms. The van der Waals surface area contributed by atoms with E-state index in [1.165, 1.54) is 0 Å². The van der Waals surface area contributed by atoms with Gasteiger partial charge in [-0.05, 0) is 26.7 Å². The second-order valence-corrected chi connectivity index (χ2v) is 6.84. The van der Waals surface area contributed by atoms with Gasteiger partial charge in [0.05, 0.1) is 6.61 Å². The zero-order chi connectivity index (χ0) is 16.9. The van der Waals surface area contributed by atoms with E-state index in [-0.39, 0.29) is 6.61 Å². The highest BCUT2D eigenvalue weighted by Gasteiger charge is 2.62. The molecule has 0 unspecified atom stereocenters. The number of halogens is 1. The molecule has 2 fully saturated rings. The van der Waals surface area contributed by atoms with Gasteiger partial charge in [0.15, 0.2) is 17.7 Å². The third-order valence-corrected chi connectivity index (χ3v) is 4.27. The van der Waals surface area contributed by atoms with E-state index in [2.05, 4.69) is 13.8 Å². The molecule has 0 aromatic heterocycles. The molecule has 5 nitrogen and oxygen atoms in total. The maximum atomic E-state index is 13.9. The van der Waals surface area contributed by atoms with Crippen molar-refractivity contribution in [2.75, 3.05) is 26.5 Å². The molecule has 2 aliphatic heterocycles. The number of hydrogen-bond acceptors (Lipinski definition) is 5. The van der Waals surface area contributed by atoms with Crippen LogP contribution in [0.3, 0.4) is 0 Å². The van der Waals surface area contributed by atoms with Crippen LogP contribution in [-0.4, -0.2) is 56.4 Å². The quantitative estimate of drug-likeness (QED) is 0.574. The molecule has 136 valence electrons. The van der Waals surface area contributed by atoms with Crippen LogP contribution in [0.5, 0.6) is 0 Å². The minimum absolute atomic E-state index is 0.153. The molecule has 0 radical (unpaired) electrons. The fourth-order valence-electron chi connectivity index (χ4n) is 3.01. The monoisotopic (exact) mass is 334 g/mol. The molecular formula is C17H31FO5. The van der Waals surface area contributed by atoms with Crippen LogP contribution in [0.15, 0.2) is 0 Å². The van der Waals surface area contributed by atoms with Crippen molar-refractivity contribution in [3.05, 3.63) is 0 Å². The Balaban J connectivity index is 2.05. The van der Waals surface area contributed by atoms with Crippen LogP contribution in [0.1, 0.15) is 53.4 Å². The van der Waals surface area contributed by atoms with Gasteiger partial charge in [-0.1, -0.05) is 26.7 Å². The maximum absolute atomic E-state index is 13.9. The summed E-state index contributed by atoms with van der Waals surface area (Å²) in [5.41, 5.74) is -1.15. The van der Waals surface area contributed by atoms with E-state index in [0.29, 0.717) is 13.2 Å². The van der Waals surface area contributed by atoms with Crippen molar-refractivity contribution in [2.24, 2.45) is 0 Å². The predicted octanol–water partition coefficient (Wildman–Crippen LogP) is 3.20. The van der Waals surface area contributed by atoms with Gasteiger partial charge in [0.1, 0.15) is 18.9 Å². The number of alkyl halides is 1. The van der Waals surface area contributed by atoms with Crippen molar-refractivity contribution in [3.8, 4) is 0 Å². The summed E-state index contributed by atoms with van der Waals surface area (Å²) in [7, 11) is 0. The summed E-state index contributed by atoms with van der Waals surface area (Å²) in [5, 5.41) is 0. The third-order valence-electron chi connectivity index (χ3n) is 4.27. The highest BCUT2D eigenvalue weighted by Crippen LogP contribution is 2.44. The minimum Gasteiger partial charge on any atom is -0.378 e. The Morgan fingerprint density at radius 3 is 2.35 bits per heavy atom. The fraction of sp³-hybridized carbons (Fsp3) is 1.00. The Labute approximate surface area is 138 Å². The number of unbranched alkanes of at least 4 members (excludes halogenated alkanes) is 2. The van der Waals surface area contributed by atoms with E-state index in [1.807, 2.05) is 13.8 Å². The molecule has 0 N–H and O–H groups in total. The molecule has 2 aliphatic rings. The molecule has 23 heavy (non-hydrogen) atoms. The normalized spacial score (nSPS) is 35.6. The lowest BCUT2D eigenvalue weighted by atomic mass is 9.97. The number of ether oxygens (including phenoxy) is 5. The Hall–Kier alpha value is -0.270. The van der Waals surface area contributed by atoms with E-state index >= 15 is 0 Å². The van der Waals surface area contributed by atoms with Crippen molar-refractivity contribution in [3.63, 3.8) is 0 Å². The first-order valence-electron chi connectivity index (χ1n) is 8.77. The topological polar surface area (TPSA) is 46.2 Å². The number of hydrogen-bond donors (Lipinski definition) is 0. The maximum Gasteiger partial charge on any atom is 0.190 e. The van der Waals surface area contributed by atoms with Crippen molar-refractivity contribution in [1.29, 1.82) is 0 Å². The van der Waals surface area contributed by atoms with E-state index in [9.17, 15) is 4.39 Å². The average Bonchev–Trinajstić information content (AvgIpc) is 2.94. The number of rotatable bonds is 10. The van der Waals surface area contributed by atoms with Gasteiger partial charge in [0, 0.05) is 13.2 Å². The molecule has 0 amide bonds. The molecule has 0 bridgehead atoms. The molecular weight excluding hydrogens is 303 g/mol. The van der Waals surface area contributed by atoms with Gasteiger partial charge in [-0.15, -0.1) is 0 Å². The van der Waals surface area contributed by atoms with E-state index in [1.54, 1.807) is 0 Å². The Bertz CT molecular complexity index is 365. The van der Waals surface area contributed by atoms with Crippen LogP contribution < -0.4 is 0 Å². The first kappa shape index (κ1) is 19.1. The van der Waals surface area contributed by atoms with Gasteiger partial charge in [-0.25, -0.2) is 4.39 Å². The Kier molecular flexibility index (Phi) is 6.80. The lowest BCUT2D eigenvalue weighted by Gasteiger charge is -2.34. The van der Waals surface area contributed by atoms with Crippen LogP contribution in [0, 0.1) is 0 Å². The van der Waals surface area contributed by atoms with Crippen LogP contribution in [0.25, 0.3) is 0 Å². The molecule has 0 aromatic carbocycles. The standard InChI is InChI=1S/C17H31FO5/c1-5-7-9-19-12-17(11-18)14(20-10-8-6-2)13-15(23-17)22-16(3,4)21-13/h13-15H,5-12H2,1-4H3/t13-,14+,15+,17-/m1/s1. The van der Waals surface area contributed by atoms with Crippen molar-refractivity contribution < 1.29 is 28.1 Å². The smallest absolute Gasteiger partial charge is 0.190 e. The second-order valence-electron chi connectivity index (χ2n) is 6.84. The Morgan fingerprint density at radius 2 is 1.70 bits per heavy atom. The average molecular weight is 334 g/mol. The van der Waals surface area contributed by atoms with Gasteiger partial charge in [-0.3, -0.25) is 0 Å². The van der Waals surface area contributed by atoms with Gasteiger partial charge in [0.2, 0.25) is 0 Å². The van der Waals surface area contributed by atoms with Crippen molar-refractivity contribution in [1.82, 2.24) is 0 Å². The van der Waals surface area contributed by atoms with Gasteiger partial charge in [-0.2, -0.15) is 0 Å². The summed E-state index contributed by atoms with van der Waals surface area (Å²) in [4.78, 5) is 0. The summed E-state index contributed by atoms with van der Waals surface area (Å²) in [6, 6.07) is 0. The molecule has 2 rings (SSSR count). The molecule has 2 saturated heterocycles. The van der Waals surface area contributed by atoms with Crippen molar-refractivity contribution >= 4 is 0 Å². The summed E-state index contributed by atoms with van der Waals surface area (Å²) >= 11 is 0. The predicted molar refractivity (Wildman–Crippen MR) is 84.0 cm³/mol. The number of fused-ring (bicyclic) bond motifs is 1. The van der Waals surface area contributed by atoms with Gasteiger partial charge >= 0.3 is 0 Å². The lowest BCUT2D eigenvalue weighted by Crippen LogP contribution is -2.52. The highest BCUT2D eigenvalue weighted by atomic mass is 19.1. The summed E-state index contributed by atoms with van der Waals surface area (Å²) in [6.07, 6.45) is 2.35. The second kappa shape index (κ2) is 8.21. The van der Waals surface area contributed by atoms with E-state index in [4.69, 9.17) is 23.7 Å². The molecule has 0 aliphatic carbocycles. The Morgan fingerprint density at radius 1 is 1.00 bits per heavy atom. The zero-order valence-corrected chi connectivity index (χ0v) is 14.8. The zero-order valence-electron chi connectivity index (χ0n) is 14.8. The molecule has 0 saturated carbocycles. The fourth-order valence-corrected chi connectivity index (χ4v) is 3.01. The van der Waals surface area contributed by atoms with Crippen molar-refractivity contribution in [2.45, 2.75) is 83.3 Å². The van der Waals surface area contributed by atoms with Crippen LogP contribution in [0.2, 0.25) is 0 Å². The summed E-state index contributed by atoms with van der Waals surface area (Å²) in [5.74, 6) is -0.743. The van der Waals surface area contributed by atoms with Crippen LogP contribution in [-0.2, 0) is 23.7 Å². The third kappa shape index (κ3) is 4.42. The molecule has 0 aromatic rings. The summed E-state index contributed by atoms with van der Waals surface area (Å²) in [6.45, 7) is 8.44. The first-order chi connectivity index (χ1) is 11.0. The first-order valence-corrected chi connectivity index (χ1v) is 8.77. The van der Waals surface area contributed by atoms with Gasteiger partial charge in [0.25, 0.3) is 0 Å². The van der Waals surface area contributed by atoms with Crippen LogP contribution in [0.4, 0.5) is 4.39 Å². The minimum atomic E-state index is -1.15. The summed E-state index contributed by atoms with van der Waals surface area (Å²) < 4.78 is 43.1. The largest absolute Gasteiger partial charge is 0.378 e. The molecule has 6 heteroatoms. The SMILES string of the molecule is CCCCOC[C@@]1(CF)O[C@@H]2OC(C)(C)O[C@@H]2[C@@H]1OCCCC. The van der Waals surface area contributed by atoms with Crippen LogP contribution >= 0.6 is 0 Å². The highest BCUT2D eigenvalue weighted by molar-refractivity contribution is 5.04. The van der Waals surface area contributed by atoms with E-state index < -0.39 is 36.6 Å². The lowest BCUT2D eigenvalue weighted by molar-refractivity contribution is -0.256.